The molecule has 110 valence electrons. The van der Waals surface area contributed by atoms with Crippen molar-refractivity contribution in [3.8, 4) is 0 Å². The van der Waals surface area contributed by atoms with Crippen LogP contribution < -0.4 is 5.32 Å². The first-order chi connectivity index (χ1) is 8.89. The SMILES string of the molecule is CCC1(C)NC(C(C)C)N(CC2CCCC2C)C1=O. The molecular formula is C16H30N2O. The molecule has 3 heteroatoms. The van der Waals surface area contributed by atoms with Gasteiger partial charge in [0.15, 0.2) is 0 Å². The lowest BCUT2D eigenvalue weighted by Crippen LogP contribution is -2.45. The maximum atomic E-state index is 12.7. The molecule has 1 saturated carbocycles. The fraction of sp³-hybridized carbons (Fsp3) is 0.938. The molecule has 1 aliphatic carbocycles. The number of amides is 1. The van der Waals surface area contributed by atoms with Crippen LogP contribution in [0.5, 0.6) is 0 Å². The molecule has 4 atom stereocenters. The van der Waals surface area contributed by atoms with Crippen LogP contribution in [-0.2, 0) is 4.79 Å². The zero-order valence-corrected chi connectivity index (χ0v) is 13.2. The summed E-state index contributed by atoms with van der Waals surface area (Å²) < 4.78 is 0. The van der Waals surface area contributed by atoms with E-state index in [1.807, 2.05) is 0 Å². The number of hydrogen-bond acceptors (Lipinski definition) is 2. The highest BCUT2D eigenvalue weighted by molar-refractivity contribution is 5.88. The second kappa shape index (κ2) is 5.43. The van der Waals surface area contributed by atoms with E-state index in [4.69, 9.17) is 0 Å². The van der Waals surface area contributed by atoms with Gasteiger partial charge in [-0.3, -0.25) is 10.1 Å². The molecular weight excluding hydrogens is 236 g/mol. The van der Waals surface area contributed by atoms with Crippen molar-refractivity contribution in [2.75, 3.05) is 6.54 Å². The third kappa shape index (κ3) is 2.67. The van der Waals surface area contributed by atoms with Gasteiger partial charge in [-0.15, -0.1) is 0 Å². The van der Waals surface area contributed by atoms with E-state index in [2.05, 4.69) is 44.8 Å². The van der Waals surface area contributed by atoms with Gasteiger partial charge in [0.25, 0.3) is 0 Å². The van der Waals surface area contributed by atoms with E-state index >= 15 is 0 Å². The van der Waals surface area contributed by atoms with Gasteiger partial charge in [-0.05, 0) is 37.5 Å². The molecule has 1 heterocycles. The molecule has 0 aromatic rings. The quantitative estimate of drug-likeness (QED) is 0.848. The van der Waals surface area contributed by atoms with E-state index in [9.17, 15) is 4.79 Å². The summed E-state index contributed by atoms with van der Waals surface area (Å²) in [6, 6.07) is 0. The van der Waals surface area contributed by atoms with Crippen LogP contribution in [0, 0.1) is 17.8 Å². The molecule has 0 aromatic carbocycles. The van der Waals surface area contributed by atoms with Crippen molar-refractivity contribution in [3.63, 3.8) is 0 Å². The first kappa shape index (κ1) is 14.8. The summed E-state index contributed by atoms with van der Waals surface area (Å²) >= 11 is 0. The van der Waals surface area contributed by atoms with Crippen LogP contribution in [-0.4, -0.2) is 29.1 Å². The molecule has 19 heavy (non-hydrogen) atoms. The average Bonchev–Trinajstić information content (AvgIpc) is 2.87. The maximum Gasteiger partial charge on any atom is 0.243 e. The Bertz CT molecular complexity index is 342. The number of nitrogens with one attached hydrogen (secondary N) is 1. The van der Waals surface area contributed by atoms with Crippen molar-refractivity contribution in [3.05, 3.63) is 0 Å². The minimum absolute atomic E-state index is 0.213. The molecule has 2 aliphatic rings. The minimum atomic E-state index is -0.350. The number of hydrogen-bond donors (Lipinski definition) is 1. The number of nitrogens with zero attached hydrogens (tertiary/aromatic N) is 1. The molecule has 1 aliphatic heterocycles. The Morgan fingerprint density at radius 1 is 1.42 bits per heavy atom. The van der Waals surface area contributed by atoms with E-state index in [-0.39, 0.29) is 11.7 Å². The van der Waals surface area contributed by atoms with Gasteiger partial charge in [0.05, 0.1) is 11.7 Å². The maximum absolute atomic E-state index is 12.7. The molecule has 2 fully saturated rings. The number of carbonyl (C=O) groups is 1. The summed E-state index contributed by atoms with van der Waals surface area (Å²) in [4.78, 5) is 14.9. The molecule has 3 nitrogen and oxygen atoms in total. The predicted molar refractivity (Wildman–Crippen MR) is 78.7 cm³/mol. The van der Waals surface area contributed by atoms with Crippen LogP contribution >= 0.6 is 0 Å². The van der Waals surface area contributed by atoms with Gasteiger partial charge >= 0.3 is 0 Å². The molecule has 1 amide bonds. The highest BCUT2D eigenvalue weighted by Gasteiger charge is 2.48. The molecule has 0 spiro atoms. The molecule has 1 saturated heterocycles. The summed E-state index contributed by atoms with van der Waals surface area (Å²) in [7, 11) is 0. The Balaban J connectivity index is 2.13. The lowest BCUT2D eigenvalue weighted by Gasteiger charge is -2.30. The van der Waals surface area contributed by atoms with Crippen LogP contribution in [0.4, 0.5) is 0 Å². The van der Waals surface area contributed by atoms with Crippen LogP contribution in [0.1, 0.15) is 60.3 Å². The lowest BCUT2D eigenvalue weighted by molar-refractivity contribution is -0.134. The fourth-order valence-electron chi connectivity index (χ4n) is 3.63. The van der Waals surface area contributed by atoms with E-state index in [0.717, 1.165) is 18.9 Å². The zero-order valence-electron chi connectivity index (χ0n) is 13.2. The van der Waals surface area contributed by atoms with Gasteiger partial charge in [-0.25, -0.2) is 0 Å². The molecule has 0 bridgehead atoms. The van der Waals surface area contributed by atoms with Crippen molar-refractivity contribution >= 4 is 5.91 Å². The van der Waals surface area contributed by atoms with Crippen molar-refractivity contribution in [2.24, 2.45) is 17.8 Å². The van der Waals surface area contributed by atoms with E-state index < -0.39 is 0 Å². The van der Waals surface area contributed by atoms with Gasteiger partial charge in [0.2, 0.25) is 5.91 Å². The molecule has 0 aromatic heterocycles. The van der Waals surface area contributed by atoms with E-state index in [1.165, 1.54) is 19.3 Å². The molecule has 4 unspecified atom stereocenters. The van der Waals surface area contributed by atoms with Crippen LogP contribution in [0.2, 0.25) is 0 Å². The first-order valence-electron chi connectivity index (χ1n) is 7.97. The van der Waals surface area contributed by atoms with Crippen LogP contribution in [0.15, 0.2) is 0 Å². The summed E-state index contributed by atoms with van der Waals surface area (Å²) in [5, 5.41) is 3.58. The third-order valence-electron chi connectivity index (χ3n) is 5.34. The van der Waals surface area contributed by atoms with Gasteiger partial charge in [0, 0.05) is 6.54 Å². The second-order valence-electron chi connectivity index (χ2n) is 7.14. The third-order valence-corrected chi connectivity index (χ3v) is 5.34. The lowest BCUT2D eigenvalue weighted by atomic mass is 9.96. The van der Waals surface area contributed by atoms with Crippen molar-refractivity contribution in [2.45, 2.75) is 72.0 Å². The zero-order chi connectivity index (χ0) is 14.2. The Hall–Kier alpha value is -0.570. The van der Waals surface area contributed by atoms with Crippen LogP contribution in [0.25, 0.3) is 0 Å². The van der Waals surface area contributed by atoms with Gasteiger partial charge in [-0.1, -0.05) is 40.5 Å². The van der Waals surface area contributed by atoms with Gasteiger partial charge < -0.3 is 4.90 Å². The smallest absolute Gasteiger partial charge is 0.243 e. The largest absolute Gasteiger partial charge is 0.325 e. The summed E-state index contributed by atoms with van der Waals surface area (Å²) in [5.41, 5.74) is -0.350. The highest BCUT2D eigenvalue weighted by atomic mass is 16.2. The predicted octanol–water partition coefficient (Wildman–Crippen LogP) is 3.01. The van der Waals surface area contributed by atoms with E-state index in [0.29, 0.717) is 17.7 Å². The summed E-state index contributed by atoms with van der Waals surface area (Å²) in [6.45, 7) is 11.9. The van der Waals surface area contributed by atoms with E-state index in [1.54, 1.807) is 0 Å². The molecule has 2 rings (SSSR count). The minimum Gasteiger partial charge on any atom is -0.325 e. The Kier molecular flexibility index (Phi) is 4.24. The first-order valence-corrected chi connectivity index (χ1v) is 7.97. The normalized spacial score (nSPS) is 39.6. The summed E-state index contributed by atoms with van der Waals surface area (Å²) in [6.07, 6.45) is 5.03. The molecule has 0 radical (unpaired) electrons. The standard InChI is InChI=1S/C16H30N2O/c1-6-16(5)15(19)18(14(17-16)11(2)3)10-13-9-7-8-12(13)4/h11-14,17H,6-10H2,1-5H3. The average molecular weight is 266 g/mol. The van der Waals surface area contributed by atoms with Crippen molar-refractivity contribution in [1.29, 1.82) is 0 Å². The number of carbonyl (C=O) groups excluding carboxylic acids is 1. The van der Waals surface area contributed by atoms with Gasteiger partial charge in [0.1, 0.15) is 0 Å². The Morgan fingerprint density at radius 2 is 2.11 bits per heavy atom. The number of rotatable bonds is 4. The fourth-order valence-corrected chi connectivity index (χ4v) is 3.63. The van der Waals surface area contributed by atoms with Crippen molar-refractivity contribution in [1.82, 2.24) is 10.2 Å². The van der Waals surface area contributed by atoms with Crippen LogP contribution in [0.3, 0.4) is 0 Å². The Labute approximate surface area is 118 Å². The second-order valence-corrected chi connectivity index (χ2v) is 7.14. The molecule has 1 N–H and O–H groups in total. The van der Waals surface area contributed by atoms with Gasteiger partial charge in [-0.2, -0.15) is 0 Å². The monoisotopic (exact) mass is 266 g/mol. The topological polar surface area (TPSA) is 32.3 Å². The Morgan fingerprint density at radius 3 is 2.58 bits per heavy atom. The van der Waals surface area contributed by atoms with Crippen molar-refractivity contribution < 1.29 is 4.79 Å². The summed E-state index contributed by atoms with van der Waals surface area (Å²) in [5.74, 6) is 2.25. The highest BCUT2D eigenvalue weighted by Crippen LogP contribution is 2.35.